The fraction of sp³-hybridized carbons (Fsp3) is 0.250. The number of nitrogens with one attached hydrogen (secondary N) is 1. The van der Waals surface area contributed by atoms with Gasteiger partial charge in [-0.1, -0.05) is 0 Å². The first-order valence-corrected chi connectivity index (χ1v) is 10.2. The summed E-state index contributed by atoms with van der Waals surface area (Å²) in [5.74, 6) is -0.698. The average Bonchev–Trinajstić information content (AvgIpc) is 2.72. The lowest BCUT2D eigenvalue weighted by Crippen LogP contribution is -2.34. The largest absolute Gasteiger partial charge is 0.494 e. The van der Waals surface area contributed by atoms with Crippen molar-refractivity contribution in [1.29, 1.82) is 5.26 Å². The predicted molar refractivity (Wildman–Crippen MR) is 104 cm³/mol. The van der Waals surface area contributed by atoms with Gasteiger partial charge in [0, 0.05) is 5.56 Å². The highest BCUT2D eigenvalue weighted by molar-refractivity contribution is 7.89. The number of nitrogens with zero attached hydrogens (tertiary/aromatic N) is 1. The molecule has 8 nitrogen and oxygen atoms in total. The van der Waals surface area contributed by atoms with E-state index in [0.717, 1.165) is 0 Å². The molecule has 1 N–H and O–H groups in total. The third kappa shape index (κ3) is 6.14. The number of ketones is 1. The summed E-state index contributed by atoms with van der Waals surface area (Å²) in [5.41, 5.74) is 0.650. The van der Waals surface area contributed by atoms with Gasteiger partial charge < -0.3 is 9.47 Å². The Morgan fingerprint density at radius 3 is 2.28 bits per heavy atom. The van der Waals surface area contributed by atoms with Crippen LogP contribution in [0.5, 0.6) is 5.75 Å². The molecule has 0 unspecified atom stereocenters. The van der Waals surface area contributed by atoms with Gasteiger partial charge in [0.05, 0.1) is 23.1 Å². The molecule has 0 aliphatic rings. The molecule has 0 saturated carbocycles. The van der Waals surface area contributed by atoms with Crippen molar-refractivity contribution in [2.45, 2.75) is 24.8 Å². The van der Waals surface area contributed by atoms with E-state index in [1.54, 1.807) is 24.3 Å². The SMILES string of the molecule is CCOc1ccc(C(=O)[C@@H](C)OC(=O)CNS(=O)(=O)c2ccc(C#N)cc2)cc1. The number of carbonyl (C=O) groups excluding carboxylic acids is 2. The molecule has 2 aromatic rings. The molecule has 0 radical (unpaired) electrons. The van der Waals surface area contributed by atoms with Crippen molar-refractivity contribution in [3.05, 3.63) is 59.7 Å². The molecule has 1 atom stereocenters. The fourth-order valence-corrected chi connectivity index (χ4v) is 3.32. The van der Waals surface area contributed by atoms with Crippen LogP contribution in [0.2, 0.25) is 0 Å². The third-order valence-electron chi connectivity index (χ3n) is 3.83. The van der Waals surface area contributed by atoms with Crippen LogP contribution < -0.4 is 9.46 Å². The molecule has 29 heavy (non-hydrogen) atoms. The third-order valence-corrected chi connectivity index (χ3v) is 5.24. The van der Waals surface area contributed by atoms with Crippen molar-refractivity contribution in [1.82, 2.24) is 4.72 Å². The first kappa shape index (κ1) is 22.1. The van der Waals surface area contributed by atoms with Crippen molar-refractivity contribution < 1.29 is 27.5 Å². The van der Waals surface area contributed by atoms with E-state index in [0.29, 0.717) is 23.5 Å². The second-order valence-corrected chi connectivity index (χ2v) is 7.68. The number of nitriles is 1. The normalized spacial score (nSPS) is 11.9. The highest BCUT2D eigenvalue weighted by Crippen LogP contribution is 2.14. The topological polar surface area (TPSA) is 123 Å². The van der Waals surface area contributed by atoms with Crippen LogP contribution >= 0.6 is 0 Å². The zero-order chi connectivity index (χ0) is 21.4. The van der Waals surface area contributed by atoms with Gasteiger partial charge in [-0.05, 0) is 62.4 Å². The number of ether oxygens (including phenoxy) is 2. The summed E-state index contributed by atoms with van der Waals surface area (Å²) in [6, 6.07) is 13.5. The monoisotopic (exact) mass is 416 g/mol. The van der Waals surface area contributed by atoms with E-state index in [1.807, 2.05) is 13.0 Å². The molecule has 0 aliphatic carbocycles. The number of esters is 1. The summed E-state index contributed by atoms with van der Waals surface area (Å²) < 4.78 is 36.8. The first-order valence-electron chi connectivity index (χ1n) is 8.73. The van der Waals surface area contributed by atoms with E-state index in [2.05, 4.69) is 4.72 Å². The second-order valence-electron chi connectivity index (χ2n) is 5.91. The van der Waals surface area contributed by atoms with Crippen LogP contribution in [0.15, 0.2) is 53.4 Å². The summed E-state index contributed by atoms with van der Waals surface area (Å²) in [7, 11) is -3.96. The number of carbonyl (C=O) groups is 2. The molecule has 0 heterocycles. The molecule has 0 spiro atoms. The van der Waals surface area contributed by atoms with Gasteiger partial charge in [-0.2, -0.15) is 9.98 Å². The standard InChI is InChI=1S/C20H20N2O6S/c1-3-27-17-8-6-16(7-9-17)20(24)14(2)28-19(23)13-22-29(25,26)18-10-4-15(12-21)5-11-18/h4-11,14,22H,3,13H2,1-2H3/t14-/m1/s1. The van der Waals surface area contributed by atoms with Crippen molar-refractivity contribution >= 4 is 21.8 Å². The fourth-order valence-electron chi connectivity index (χ4n) is 2.36. The molecular weight excluding hydrogens is 396 g/mol. The number of sulfonamides is 1. The van der Waals surface area contributed by atoms with Crippen molar-refractivity contribution in [3.8, 4) is 11.8 Å². The summed E-state index contributed by atoms with van der Waals surface area (Å²) in [5, 5.41) is 8.75. The van der Waals surface area contributed by atoms with Crippen molar-refractivity contribution in [2.24, 2.45) is 0 Å². The Hall–Kier alpha value is -3.22. The Bertz CT molecular complexity index is 1010. The Morgan fingerprint density at radius 1 is 1.10 bits per heavy atom. The van der Waals surface area contributed by atoms with Crippen LogP contribution in [0.25, 0.3) is 0 Å². The second kappa shape index (κ2) is 9.82. The van der Waals surface area contributed by atoms with Crippen LogP contribution in [-0.4, -0.2) is 39.4 Å². The zero-order valence-electron chi connectivity index (χ0n) is 15.9. The van der Waals surface area contributed by atoms with Gasteiger partial charge in [0.2, 0.25) is 15.8 Å². The highest BCUT2D eigenvalue weighted by atomic mass is 32.2. The Morgan fingerprint density at radius 2 is 1.72 bits per heavy atom. The minimum atomic E-state index is -3.96. The van der Waals surface area contributed by atoms with Crippen molar-refractivity contribution in [3.63, 3.8) is 0 Å². The Labute approximate surface area is 169 Å². The maximum absolute atomic E-state index is 12.3. The molecule has 0 aromatic heterocycles. The maximum Gasteiger partial charge on any atom is 0.321 e. The van der Waals surface area contributed by atoms with Gasteiger partial charge in [-0.25, -0.2) is 8.42 Å². The van der Waals surface area contributed by atoms with Crippen LogP contribution in [0.3, 0.4) is 0 Å². The van der Waals surface area contributed by atoms with E-state index in [4.69, 9.17) is 14.7 Å². The molecular formula is C20H20N2O6S. The lowest BCUT2D eigenvalue weighted by atomic mass is 10.1. The number of Topliss-reactive ketones (excluding diaryl/α,β-unsaturated/α-hetero) is 1. The van der Waals surface area contributed by atoms with Gasteiger partial charge in [0.15, 0.2) is 6.10 Å². The quantitative estimate of drug-likeness (QED) is 0.490. The summed E-state index contributed by atoms with van der Waals surface area (Å²) in [6.07, 6.45) is -1.08. The molecule has 2 aromatic carbocycles. The molecule has 152 valence electrons. The van der Waals surface area contributed by atoms with E-state index >= 15 is 0 Å². The first-order chi connectivity index (χ1) is 13.8. The van der Waals surface area contributed by atoms with Crippen LogP contribution in [0.4, 0.5) is 0 Å². The minimum Gasteiger partial charge on any atom is -0.494 e. The number of hydrogen-bond acceptors (Lipinski definition) is 7. The van der Waals surface area contributed by atoms with Crippen LogP contribution in [0.1, 0.15) is 29.8 Å². The van der Waals surface area contributed by atoms with Gasteiger partial charge in [0.25, 0.3) is 0 Å². The average molecular weight is 416 g/mol. The van der Waals surface area contributed by atoms with Crippen molar-refractivity contribution in [2.75, 3.05) is 13.2 Å². The Balaban J connectivity index is 1.91. The number of benzene rings is 2. The summed E-state index contributed by atoms with van der Waals surface area (Å²) in [4.78, 5) is 24.2. The van der Waals surface area contributed by atoms with Gasteiger partial charge in [-0.15, -0.1) is 0 Å². The molecule has 0 saturated heterocycles. The summed E-state index contributed by atoms with van der Waals surface area (Å²) >= 11 is 0. The van der Waals surface area contributed by atoms with Gasteiger partial charge >= 0.3 is 5.97 Å². The van der Waals surface area contributed by atoms with E-state index in [1.165, 1.54) is 31.2 Å². The number of rotatable bonds is 9. The van der Waals surface area contributed by atoms with E-state index in [9.17, 15) is 18.0 Å². The molecule has 0 amide bonds. The van der Waals surface area contributed by atoms with E-state index in [-0.39, 0.29) is 4.90 Å². The predicted octanol–water partition coefficient (Wildman–Crippen LogP) is 2.05. The maximum atomic E-state index is 12.3. The lowest BCUT2D eigenvalue weighted by molar-refractivity contribution is -0.144. The molecule has 2 rings (SSSR count). The summed E-state index contributed by atoms with van der Waals surface area (Å²) in [6.45, 7) is 3.12. The van der Waals surface area contributed by atoms with E-state index < -0.39 is 34.4 Å². The van der Waals surface area contributed by atoms with Crippen LogP contribution in [-0.2, 0) is 19.6 Å². The Kier molecular flexibility index (Phi) is 7.47. The molecule has 0 aliphatic heterocycles. The molecule has 0 fully saturated rings. The van der Waals surface area contributed by atoms with Gasteiger partial charge in [0.1, 0.15) is 12.3 Å². The zero-order valence-corrected chi connectivity index (χ0v) is 16.7. The number of hydrogen-bond donors (Lipinski definition) is 1. The molecule has 9 heteroatoms. The highest BCUT2D eigenvalue weighted by Gasteiger charge is 2.21. The lowest BCUT2D eigenvalue weighted by Gasteiger charge is -2.13. The smallest absolute Gasteiger partial charge is 0.321 e. The minimum absolute atomic E-state index is 0.0946. The van der Waals surface area contributed by atoms with Crippen LogP contribution in [0, 0.1) is 11.3 Å². The van der Waals surface area contributed by atoms with Gasteiger partial charge in [-0.3, -0.25) is 9.59 Å². The molecule has 0 bridgehead atoms.